The summed E-state index contributed by atoms with van der Waals surface area (Å²) < 4.78 is 0. The van der Waals surface area contributed by atoms with E-state index in [9.17, 15) is 0 Å². The first-order chi connectivity index (χ1) is 9.70. The molecule has 1 aliphatic carbocycles. The Labute approximate surface area is 126 Å². The van der Waals surface area contributed by atoms with Gasteiger partial charge in [0.1, 0.15) is 0 Å². The maximum atomic E-state index is 3.67. The quantitative estimate of drug-likeness (QED) is 0.760. The first-order valence-corrected chi connectivity index (χ1v) is 9.15. The summed E-state index contributed by atoms with van der Waals surface area (Å²) in [6, 6.07) is 0.898. The fourth-order valence-corrected chi connectivity index (χ4v) is 4.04. The fraction of sp³-hybridized carbons (Fsp3) is 1.00. The molecule has 0 bridgehead atoms. The molecule has 2 fully saturated rings. The molecule has 3 atom stereocenters. The normalized spacial score (nSPS) is 32.1. The third-order valence-corrected chi connectivity index (χ3v) is 5.38. The molecule has 0 aromatic heterocycles. The van der Waals surface area contributed by atoms with Gasteiger partial charge in [0, 0.05) is 6.04 Å². The number of rotatable bonds is 7. The lowest BCUT2D eigenvalue weighted by Crippen LogP contribution is -2.51. The van der Waals surface area contributed by atoms with E-state index < -0.39 is 0 Å². The van der Waals surface area contributed by atoms with Crippen LogP contribution in [0.5, 0.6) is 0 Å². The molecule has 2 aliphatic rings. The van der Waals surface area contributed by atoms with Gasteiger partial charge in [0.2, 0.25) is 0 Å². The molecule has 118 valence electrons. The molecule has 1 saturated heterocycles. The second-order valence-corrected chi connectivity index (χ2v) is 7.58. The minimum atomic E-state index is 0.779. The summed E-state index contributed by atoms with van der Waals surface area (Å²) in [5, 5.41) is 3.67. The summed E-state index contributed by atoms with van der Waals surface area (Å²) in [5.41, 5.74) is 0. The van der Waals surface area contributed by atoms with Crippen LogP contribution in [0.2, 0.25) is 0 Å². The van der Waals surface area contributed by atoms with E-state index in [0.717, 1.165) is 23.8 Å². The monoisotopic (exact) mass is 280 g/mol. The van der Waals surface area contributed by atoms with Crippen LogP contribution < -0.4 is 5.32 Å². The van der Waals surface area contributed by atoms with E-state index in [1.54, 1.807) is 0 Å². The minimum absolute atomic E-state index is 0.779. The van der Waals surface area contributed by atoms with E-state index in [1.165, 1.54) is 71.1 Å². The molecule has 0 aromatic rings. The lowest BCUT2D eigenvalue weighted by molar-refractivity contribution is 0.0633. The number of nitrogens with zero attached hydrogens (tertiary/aromatic N) is 1. The molecule has 1 N–H and O–H groups in total. The van der Waals surface area contributed by atoms with Gasteiger partial charge in [0.15, 0.2) is 0 Å². The zero-order chi connectivity index (χ0) is 14.4. The van der Waals surface area contributed by atoms with E-state index >= 15 is 0 Å². The Morgan fingerprint density at radius 1 is 1.10 bits per heavy atom. The molecular weight excluding hydrogens is 244 g/mol. The zero-order valence-corrected chi connectivity index (χ0v) is 14.0. The zero-order valence-electron chi connectivity index (χ0n) is 14.0. The minimum Gasteiger partial charge on any atom is -0.316 e. The van der Waals surface area contributed by atoms with Crippen molar-refractivity contribution in [2.75, 3.05) is 26.2 Å². The van der Waals surface area contributed by atoms with Crippen molar-refractivity contribution in [1.82, 2.24) is 10.2 Å². The van der Waals surface area contributed by atoms with Gasteiger partial charge in [0.25, 0.3) is 0 Å². The molecule has 0 aromatic carbocycles. The van der Waals surface area contributed by atoms with Crippen molar-refractivity contribution in [3.8, 4) is 0 Å². The van der Waals surface area contributed by atoms with Gasteiger partial charge in [-0.05, 0) is 76.0 Å². The molecule has 3 unspecified atom stereocenters. The van der Waals surface area contributed by atoms with Crippen molar-refractivity contribution in [1.29, 1.82) is 0 Å². The van der Waals surface area contributed by atoms with Gasteiger partial charge >= 0.3 is 0 Å². The first-order valence-electron chi connectivity index (χ1n) is 9.15. The summed E-state index contributed by atoms with van der Waals surface area (Å²) in [6.45, 7) is 12.1. The summed E-state index contributed by atoms with van der Waals surface area (Å²) in [6.07, 6.45) is 10.1. The highest BCUT2D eigenvalue weighted by Gasteiger charge is 2.35. The molecule has 20 heavy (non-hydrogen) atoms. The van der Waals surface area contributed by atoms with Crippen LogP contribution in [0.1, 0.15) is 65.7 Å². The lowest BCUT2D eigenvalue weighted by atomic mass is 9.78. The standard InChI is InChI=1S/C18H36N2/c1-4-6-16-7-5-11-20(12-10-16)18-9-8-17(18)14-19-13-15(2)3/h15-19H,4-14H2,1-3H3. The predicted molar refractivity (Wildman–Crippen MR) is 88.0 cm³/mol. The van der Waals surface area contributed by atoms with Crippen molar-refractivity contribution in [3.63, 3.8) is 0 Å². The molecular formula is C18H36N2. The van der Waals surface area contributed by atoms with Crippen LogP contribution in [0.4, 0.5) is 0 Å². The average molecular weight is 281 g/mol. The molecule has 0 radical (unpaired) electrons. The number of likely N-dealkylation sites (tertiary alicyclic amines) is 1. The van der Waals surface area contributed by atoms with Crippen molar-refractivity contribution < 1.29 is 0 Å². The van der Waals surface area contributed by atoms with Crippen LogP contribution >= 0.6 is 0 Å². The maximum absolute atomic E-state index is 3.67. The second kappa shape index (κ2) is 8.38. The topological polar surface area (TPSA) is 15.3 Å². The first kappa shape index (κ1) is 16.3. The van der Waals surface area contributed by atoms with Crippen LogP contribution in [0.3, 0.4) is 0 Å². The third kappa shape index (κ3) is 4.73. The highest BCUT2D eigenvalue weighted by atomic mass is 15.2. The van der Waals surface area contributed by atoms with Gasteiger partial charge in [-0.15, -0.1) is 0 Å². The van der Waals surface area contributed by atoms with E-state index in [0.29, 0.717) is 0 Å². The summed E-state index contributed by atoms with van der Waals surface area (Å²) in [7, 11) is 0. The number of nitrogens with one attached hydrogen (secondary N) is 1. The largest absolute Gasteiger partial charge is 0.316 e. The van der Waals surface area contributed by atoms with Gasteiger partial charge in [-0.25, -0.2) is 0 Å². The highest BCUT2D eigenvalue weighted by molar-refractivity contribution is 4.91. The molecule has 1 aliphatic heterocycles. The Hall–Kier alpha value is -0.0800. The SMILES string of the molecule is CCCC1CCCN(C2CCC2CNCC(C)C)CC1. The molecule has 2 nitrogen and oxygen atoms in total. The van der Waals surface area contributed by atoms with Crippen LogP contribution in [0.25, 0.3) is 0 Å². The Balaban J connectivity index is 1.71. The van der Waals surface area contributed by atoms with Crippen LogP contribution in [0, 0.1) is 17.8 Å². The Kier molecular flexibility index (Phi) is 6.83. The summed E-state index contributed by atoms with van der Waals surface area (Å²) >= 11 is 0. The maximum Gasteiger partial charge on any atom is 0.0136 e. The van der Waals surface area contributed by atoms with E-state index in [1.807, 2.05) is 0 Å². The predicted octanol–water partition coefficient (Wildman–Crippen LogP) is 3.91. The fourth-order valence-electron chi connectivity index (χ4n) is 4.04. The molecule has 0 amide bonds. The van der Waals surface area contributed by atoms with Gasteiger partial charge in [0.05, 0.1) is 0 Å². The molecule has 2 rings (SSSR count). The Bertz CT molecular complexity index is 264. The van der Waals surface area contributed by atoms with Crippen LogP contribution in [-0.2, 0) is 0 Å². The smallest absolute Gasteiger partial charge is 0.0136 e. The average Bonchev–Trinajstić information content (AvgIpc) is 2.60. The molecule has 1 saturated carbocycles. The third-order valence-electron chi connectivity index (χ3n) is 5.38. The van der Waals surface area contributed by atoms with Crippen LogP contribution in [-0.4, -0.2) is 37.1 Å². The molecule has 0 spiro atoms. The van der Waals surface area contributed by atoms with Gasteiger partial charge in [-0.2, -0.15) is 0 Å². The van der Waals surface area contributed by atoms with Gasteiger partial charge in [-0.1, -0.05) is 33.6 Å². The number of hydrogen-bond acceptors (Lipinski definition) is 2. The second-order valence-electron chi connectivity index (χ2n) is 7.58. The van der Waals surface area contributed by atoms with Crippen molar-refractivity contribution in [3.05, 3.63) is 0 Å². The van der Waals surface area contributed by atoms with E-state index in [2.05, 4.69) is 31.0 Å². The molecule has 1 heterocycles. The Morgan fingerprint density at radius 2 is 1.95 bits per heavy atom. The summed E-state index contributed by atoms with van der Waals surface area (Å²) in [5.74, 6) is 2.72. The highest BCUT2D eigenvalue weighted by Crippen LogP contribution is 2.34. The van der Waals surface area contributed by atoms with Crippen molar-refractivity contribution in [2.24, 2.45) is 17.8 Å². The summed E-state index contributed by atoms with van der Waals surface area (Å²) in [4.78, 5) is 2.83. The van der Waals surface area contributed by atoms with Crippen molar-refractivity contribution in [2.45, 2.75) is 71.8 Å². The Morgan fingerprint density at radius 3 is 2.60 bits per heavy atom. The van der Waals surface area contributed by atoms with Crippen LogP contribution in [0.15, 0.2) is 0 Å². The van der Waals surface area contributed by atoms with Gasteiger partial charge in [-0.3, -0.25) is 0 Å². The number of hydrogen-bond donors (Lipinski definition) is 1. The molecule has 2 heteroatoms. The lowest BCUT2D eigenvalue weighted by Gasteiger charge is -2.44. The van der Waals surface area contributed by atoms with Crippen molar-refractivity contribution >= 4 is 0 Å². The van der Waals surface area contributed by atoms with E-state index in [4.69, 9.17) is 0 Å². The van der Waals surface area contributed by atoms with E-state index in [-0.39, 0.29) is 0 Å². The van der Waals surface area contributed by atoms with Gasteiger partial charge < -0.3 is 10.2 Å².